The molecule has 0 spiro atoms. The Bertz CT molecular complexity index is 171. The lowest BCUT2D eigenvalue weighted by molar-refractivity contribution is 0.434. The molecule has 0 aliphatic rings. The van der Waals surface area contributed by atoms with Gasteiger partial charge in [-0.3, -0.25) is 0 Å². The summed E-state index contributed by atoms with van der Waals surface area (Å²) in [5.74, 6) is 0. The van der Waals surface area contributed by atoms with Crippen molar-refractivity contribution in [1.29, 1.82) is 0 Å². The van der Waals surface area contributed by atoms with E-state index in [0.717, 1.165) is 6.54 Å². The highest BCUT2D eigenvalue weighted by molar-refractivity contribution is 4.78. The second kappa shape index (κ2) is 11.8. The highest BCUT2D eigenvalue weighted by Gasteiger charge is 1.72. The van der Waals surface area contributed by atoms with Crippen LogP contribution in [-0.4, -0.2) is 41.0 Å². The van der Waals surface area contributed by atoms with E-state index in [9.17, 15) is 0 Å². The standard InChI is InChI=1S/C4H11N.C4H8.C2H3N3/c1-4-5(2)3;1-4(2)3;1-2-4-5-3-1/h4H2,1-3H3;1H2,2-3H3;1-2H,(H,3,4,5). The largest absolute Gasteiger partial charge is 0.310 e. The molecule has 4 nitrogen and oxygen atoms in total. The van der Waals surface area contributed by atoms with Gasteiger partial charge in [-0.05, 0) is 34.5 Å². The maximum absolute atomic E-state index is 3.56. The summed E-state index contributed by atoms with van der Waals surface area (Å²) in [7, 11) is 4.11. The van der Waals surface area contributed by atoms with Crippen molar-refractivity contribution in [2.75, 3.05) is 20.6 Å². The van der Waals surface area contributed by atoms with Crippen LogP contribution in [0.15, 0.2) is 24.5 Å². The van der Waals surface area contributed by atoms with Gasteiger partial charge in [-0.2, -0.15) is 15.4 Å². The smallest absolute Gasteiger partial charge is 0.0690 e. The first-order valence-electron chi connectivity index (χ1n) is 4.57. The van der Waals surface area contributed by atoms with Crippen LogP contribution in [0.4, 0.5) is 0 Å². The molecule has 1 rings (SSSR count). The number of aromatic nitrogens is 3. The number of rotatable bonds is 1. The fourth-order valence-corrected chi connectivity index (χ4v) is 0.167. The molecule has 0 saturated heterocycles. The molecule has 4 heteroatoms. The van der Waals surface area contributed by atoms with Gasteiger partial charge < -0.3 is 4.90 Å². The second-order valence-electron chi connectivity index (χ2n) is 3.26. The van der Waals surface area contributed by atoms with Crippen LogP contribution in [0.1, 0.15) is 20.8 Å². The van der Waals surface area contributed by atoms with Crippen molar-refractivity contribution in [3.8, 4) is 0 Å². The Kier molecular flexibility index (Phi) is 13.0. The Labute approximate surface area is 87.0 Å². The van der Waals surface area contributed by atoms with Gasteiger partial charge in [0.2, 0.25) is 0 Å². The van der Waals surface area contributed by atoms with Gasteiger partial charge in [-0.1, -0.05) is 12.5 Å². The molecule has 0 aliphatic heterocycles. The topological polar surface area (TPSA) is 44.8 Å². The fraction of sp³-hybridized carbons (Fsp3) is 0.600. The van der Waals surface area contributed by atoms with Gasteiger partial charge >= 0.3 is 0 Å². The SMILES string of the molecule is C=C(C)C.CCN(C)C.c1cn[nH]n1. The van der Waals surface area contributed by atoms with Crippen molar-refractivity contribution in [3.05, 3.63) is 24.5 Å². The first-order chi connectivity index (χ1) is 6.50. The fourth-order valence-electron chi connectivity index (χ4n) is 0.167. The second-order valence-corrected chi connectivity index (χ2v) is 3.26. The number of hydrogen-bond donors (Lipinski definition) is 1. The van der Waals surface area contributed by atoms with Crippen molar-refractivity contribution in [2.45, 2.75) is 20.8 Å². The molecule has 1 N–H and O–H groups in total. The van der Waals surface area contributed by atoms with Crippen LogP contribution in [0.25, 0.3) is 0 Å². The minimum absolute atomic E-state index is 1.14. The molecule has 0 atom stereocenters. The number of nitrogens with one attached hydrogen (secondary N) is 1. The molecule has 0 saturated carbocycles. The van der Waals surface area contributed by atoms with Crippen LogP contribution in [0, 0.1) is 0 Å². The normalized spacial score (nSPS) is 8.14. The predicted octanol–water partition coefficient (Wildman–Crippen LogP) is 1.95. The molecule has 1 aromatic heterocycles. The van der Waals surface area contributed by atoms with Gasteiger partial charge in [0.25, 0.3) is 0 Å². The van der Waals surface area contributed by atoms with Gasteiger partial charge in [-0.15, -0.1) is 6.58 Å². The molecule has 0 fully saturated rings. The number of nitrogens with zero attached hydrogens (tertiary/aromatic N) is 3. The van der Waals surface area contributed by atoms with Crippen LogP contribution >= 0.6 is 0 Å². The van der Waals surface area contributed by atoms with Crippen molar-refractivity contribution < 1.29 is 0 Å². The maximum atomic E-state index is 3.56. The van der Waals surface area contributed by atoms with E-state index in [2.05, 4.69) is 47.9 Å². The van der Waals surface area contributed by atoms with Gasteiger partial charge in [0.15, 0.2) is 0 Å². The highest BCUT2D eigenvalue weighted by Crippen LogP contribution is 1.73. The third-order valence-corrected chi connectivity index (χ3v) is 0.964. The summed E-state index contributed by atoms with van der Waals surface area (Å²) in [5.41, 5.74) is 1.17. The van der Waals surface area contributed by atoms with Crippen molar-refractivity contribution >= 4 is 0 Å². The molecule has 1 heterocycles. The first kappa shape index (κ1) is 15.3. The molecule has 1 aromatic rings. The average molecular weight is 198 g/mol. The third kappa shape index (κ3) is 30.8. The van der Waals surface area contributed by atoms with E-state index in [0.29, 0.717) is 0 Å². The summed E-state index contributed by atoms with van der Waals surface area (Å²) in [5, 5.41) is 9.33. The number of aromatic amines is 1. The van der Waals surface area contributed by atoms with Crippen LogP contribution in [0.2, 0.25) is 0 Å². The number of H-pyrrole nitrogens is 1. The zero-order valence-corrected chi connectivity index (χ0v) is 9.91. The maximum Gasteiger partial charge on any atom is 0.0690 e. The summed E-state index contributed by atoms with van der Waals surface area (Å²) in [6.07, 6.45) is 3.17. The van der Waals surface area contributed by atoms with Crippen LogP contribution < -0.4 is 0 Å². The summed E-state index contributed by atoms with van der Waals surface area (Å²) >= 11 is 0. The lowest BCUT2D eigenvalue weighted by atomic mass is 10.4. The summed E-state index contributed by atoms with van der Waals surface area (Å²) in [6, 6.07) is 0. The Hall–Kier alpha value is -1.16. The van der Waals surface area contributed by atoms with E-state index in [1.165, 1.54) is 5.57 Å². The Morgan fingerprint density at radius 3 is 1.64 bits per heavy atom. The Morgan fingerprint density at radius 1 is 1.29 bits per heavy atom. The van der Waals surface area contributed by atoms with E-state index < -0.39 is 0 Å². The van der Waals surface area contributed by atoms with Crippen molar-refractivity contribution in [3.63, 3.8) is 0 Å². The zero-order chi connectivity index (χ0) is 11.4. The molecular weight excluding hydrogens is 176 g/mol. The van der Waals surface area contributed by atoms with E-state index in [-0.39, 0.29) is 0 Å². The van der Waals surface area contributed by atoms with Gasteiger partial charge in [0, 0.05) is 0 Å². The third-order valence-electron chi connectivity index (χ3n) is 0.964. The zero-order valence-electron chi connectivity index (χ0n) is 9.91. The molecule has 0 amide bonds. The lowest BCUT2D eigenvalue weighted by Crippen LogP contribution is -2.08. The quantitative estimate of drug-likeness (QED) is 0.701. The summed E-state index contributed by atoms with van der Waals surface area (Å²) in [6.45, 7) is 10.8. The van der Waals surface area contributed by atoms with Gasteiger partial charge in [0.05, 0.1) is 12.4 Å². The monoisotopic (exact) mass is 198 g/mol. The number of allylic oxidation sites excluding steroid dienone is 1. The van der Waals surface area contributed by atoms with Gasteiger partial charge in [0.1, 0.15) is 0 Å². The molecule has 14 heavy (non-hydrogen) atoms. The van der Waals surface area contributed by atoms with Crippen LogP contribution in [-0.2, 0) is 0 Å². The average Bonchev–Trinajstić information content (AvgIpc) is 2.59. The lowest BCUT2D eigenvalue weighted by Gasteiger charge is -2.00. The molecule has 0 bridgehead atoms. The molecular formula is C10H22N4. The predicted molar refractivity (Wildman–Crippen MR) is 61.1 cm³/mol. The van der Waals surface area contributed by atoms with Crippen molar-refractivity contribution in [1.82, 2.24) is 20.3 Å². The van der Waals surface area contributed by atoms with E-state index in [4.69, 9.17) is 0 Å². The highest BCUT2D eigenvalue weighted by atomic mass is 15.3. The van der Waals surface area contributed by atoms with Crippen LogP contribution in [0.5, 0.6) is 0 Å². The minimum Gasteiger partial charge on any atom is -0.310 e. The number of hydrogen-bond acceptors (Lipinski definition) is 3. The van der Waals surface area contributed by atoms with Gasteiger partial charge in [-0.25, -0.2) is 0 Å². The Morgan fingerprint density at radius 2 is 1.57 bits per heavy atom. The first-order valence-corrected chi connectivity index (χ1v) is 4.57. The molecule has 0 radical (unpaired) electrons. The molecule has 0 aliphatic carbocycles. The summed E-state index contributed by atoms with van der Waals surface area (Å²) in [4.78, 5) is 2.12. The van der Waals surface area contributed by atoms with Crippen LogP contribution in [0.3, 0.4) is 0 Å². The molecule has 0 unspecified atom stereocenters. The minimum atomic E-state index is 1.14. The molecule has 82 valence electrons. The van der Waals surface area contributed by atoms with E-state index in [1.54, 1.807) is 12.4 Å². The van der Waals surface area contributed by atoms with E-state index in [1.807, 2.05) is 13.8 Å². The summed E-state index contributed by atoms with van der Waals surface area (Å²) < 4.78 is 0. The Balaban J connectivity index is 0. The van der Waals surface area contributed by atoms with E-state index >= 15 is 0 Å². The molecule has 0 aromatic carbocycles. The van der Waals surface area contributed by atoms with Crippen molar-refractivity contribution in [2.24, 2.45) is 0 Å².